The number of hydrogen-bond acceptors (Lipinski definition) is 7. The monoisotopic (exact) mass is 834 g/mol. The van der Waals surface area contributed by atoms with E-state index in [2.05, 4.69) is 84.2 Å². The molecule has 0 radical (unpaired) electrons. The molecule has 62 heavy (non-hydrogen) atoms. The van der Waals surface area contributed by atoms with Gasteiger partial charge in [-0.3, -0.25) is 19.6 Å². The van der Waals surface area contributed by atoms with Crippen LogP contribution in [-0.2, 0) is 40.3 Å². The Morgan fingerprint density at radius 2 is 1.34 bits per heavy atom. The van der Waals surface area contributed by atoms with E-state index >= 15 is 0 Å². The van der Waals surface area contributed by atoms with Gasteiger partial charge in [-0.2, -0.15) is 0 Å². The van der Waals surface area contributed by atoms with Crippen LogP contribution in [0, 0.1) is 19.7 Å². The SMILES string of the molecule is CC(=O)CCC(=O)OC(Cn1c2c(c3cc(C)ccc31)C1CCCN1CC2)c1ccncc1.Cc1ccc2c(c1)c1c(n2CC(N=[N+]=[N-])c2ccc(F)cc2)CCN2CCCC12. The zero-order valence-corrected chi connectivity index (χ0v) is 36.0. The van der Waals surface area contributed by atoms with Crippen LogP contribution in [0.5, 0.6) is 0 Å². The van der Waals surface area contributed by atoms with Crippen molar-refractivity contribution < 1.29 is 18.7 Å². The van der Waals surface area contributed by atoms with Crippen LogP contribution in [0.1, 0.15) is 114 Å². The van der Waals surface area contributed by atoms with Gasteiger partial charge in [-0.15, -0.1) is 0 Å². The third kappa shape index (κ3) is 8.27. The lowest BCUT2D eigenvalue weighted by molar-refractivity contribution is -0.151. The van der Waals surface area contributed by atoms with E-state index < -0.39 is 6.10 Å². The zero-order chi connectivity index (χ0) is 42.9. The normalized spacial score (nSPS) is 19.1. The van der Waals surface area contributed by atoms with E-state index in [1.165, 1.54) is 113 Å². The molecule has 10 rings (SSSR count). The Kier molecular flexibility index (Phi) is 12.0. The molecule has 11 nitrogen and oxygen atoms in total. The highest BCUT2D eigenvalue weighted by Crippen LogP contribution is 2.45. The van der Waals surface area contributed by atoms with Crippen LogP contribution in [0.2, 0.25) is 0 Å². The lowest BCUT2D eigenvalue weighted by Gasteiger charge is -2.31. The fraction of sp³-hybridized carbons (Fsp3) is 0.420. The Hall–Kier alpha value is -5.81. The summed E-state index contributed by atoms with van der Waals surface area (Å²) in [7, 11) is 0. The van der Waals surface area contributed by atoms with Crippen molar-refractivity contribution in [2.24, 2.45) is 5.11 Å². The van der Waals surface area contributed by atoms with Crippen molar-refractivity contribution in [1.29, 1.82) is 0 Å². The molecule has 0 amide bonds. The molecule has 0 spiro atoms. The Morgan fingerprint density at radius 3 is 1.89 bits per heavy atom. The third-order valence-electron chi connectivity index (χ3n) is 13.6. The minimum absolute atomic E-state index is 0.00521. The molecule has 0 saturated carbocycles. The number of fused-ring (bicyclic) bond motifs is 10. The number of aryl methyl sites for hydroxylation is 2. The molecular weight excluding hydrogens is 780 g/mol. The largest absolute Gasteiger partial charge is 0.456 e. The first-order chi connectivity index (χ1) is 30.2. The molecule has 4 unspecified atom stereocenters. The Morgan fingerprint density at radius 1 is 0.774 bits per heavy atom. The second-order valence-corrected chi connectivity index (χ2v) is 17.6. The third-order valence-corrected chi connectivity index (χ3v) is 13.6. The molecule has 12 heteroatoms. The number of carbonyl (C=O) groups is 2. The van der Waals surface area contributed by atoms with Gasteiger partial charge in [0.15, 0.2) is 0 Å². The van der Waals surface area contributed by atoms with E-state index in [0.29, 0.717) is 25.2 Å². The first kappa shape index (κ1) is 41.5. The van der Waals surface area contributed by atoms with Gasteiger partial charge in [0.25, 0.3) is 0 Å². The fourth-order valence-corrected chi connectivity index (χ4v) is 10.7. The van der Waals surface area contributed by atoms with Crippen molar-refractivity contribution in [3.05, 3.63) is 146 Å². The molecule has 0 N–H and O–H groups in total. The molecule has 4 atom stereocenters. The summed E-state index contributed by atoms with van der Waals surface area (Å²) in [6, 6.07) is 24.0. The number of aromatic nitrogens is 3. The van der Waals surface area contributed by atoms with Crippen LogP contribution in [0.3, 0.4) is 0 Å². The number of azide groups is 1. The van der Waals surface area contributed by atoms with Crippen molar-refractivity contribution in [3.63, 3.8) is 0 Å². The molecule has 2 saturated heterocycles. The van der Waals surface area contributed by atoms with Gasteiger partial charge in [0.1, 0.15) is 17.7 Å². The number of ketones is 1. The Labute approximate surface area is 362 Å². The summed E-state index contributed by atoms with van der Waals surface area (Å²) in [5.74, 6) is -0.626. The molecule has 3 aromatic carbocycles. The van der Waals surface area contributed by atoms with Crippen LogP contribution in [0.25, 0.3) is 32.2 Å². The Balaban J connectivity index is 0.000000159. The summed E-state index contributed by atoms with van der Waals surface area (Å²) in [5, 5.41) is 6.73. The summed E-state index contributed by atoms with van der Waals surface area (Å²) in [5.41, 5.74) is 21.5. The molecule has 0 bridgehead atoms. The molecule has 3 aromatic heterocycles. The van der Waals surface area contributed by atoms with Crippen LogP contribution in [-0.4, -0.2) is 61.8 Å². The second kappa shape index (κ2) is 17.9. The molecule has 2 fully saturated rings. The standard InChI is InChI=1S/C27H31N3O3.C23H24FN5/c1-18-5-7-22-21(16-18)27-23-4-3-14-29(23)15-11-24(27)30(22)17-25(20-9-12-28-13-10-20)33-26(32)8-6-19(2)31;1-15-4-9-20-18(13-15)23-21-3-2-11-28(21)12-10-22(23)29(20)14-19(26-27-25)16-5-7-17(24)8-6-16/h5,7,9-10,12-13,16,23,25H,3-4,6,8,11,14-15,17H2,1-2H3;4-9,13,19,21H,2-3,10-12,14H2,1H3. The quantitative estimate of drug-likeness (QED) is 0.0554. The lowest BCUT2D eigenvalue weighted by Crippen LogP contribution is -2.31. The molecule has 4 aliphatic rings. The number of hydrogen-bond donors (Lipinski definition) is 0. The van der Waals surface area contributed by atoms with Gasteiger partial charge in [-0.25, -0.2) is 4.39 Å². The number of ether oxygens (including phenoxy) is 1. The number of halogens is 1. The summed E-state index contributed by atoms with van der Waals surface area (Å²) in [6.07, 6.45) is 10.3. The number of pyridine rings is 1. The lowest BCUT2D eigenvalue weighted by atomic mass is 9.95. The van der Waals surface area contributed by atoms with Crippen LogP contribution in [0.15, 0.2) is 90.3 Å². The number of benzene rings is 3. The van der Waals surface area contributed by atoms with E-state index in [1.807, 2.05) is 12.1 Å². The first-order valence-electron chi connectivity index (χ1n) is 22.3. The predicted octanol–water partition coefficient (Wildman–Crippen LogP) is 10.5. The van der Waals surface area contributed by atoms with Gasteiger partial charge >= 0.3 is 5.97 Å². The smallest absolute Gasteiger partial charge is 0.306 e. The maximum Gasteiger partial charge on any atom is 0.306 e. The van der Waals surface area contributed by atoms with Crippen LogP contribution in [0.4, 0.5) is 4.39 Å². The highest BCUT2D eigenvalue weighted by atomic mass is 19.1. The van der Waals surface area contributed by atoms with Gasteiger partial charge in [0.2, 0.25) is 0 Å². The van der Waals surface area contributed by atoms with E-state index in [4.69, 9.17) is 10.3 Å². The molecule has 0 aliphatic carbocycles. The average Bonchev–Trinajstić information content (AvgIpc) is 4.07. The Bertz CT molecular complexity index is 2670. The maximum atomic E-state index is 13.4. The van der Waals surface area contributed by atoms with Crippen molar-refractivity contribution in [2.75, 3.05) is 26.2 Å². The fourth-order valence-electron chi connectivity index (χ4n) is 10.7. The summed E-state index contributed by atoms with van der Waals surface area (Å²) in [4.78, 5) is 36.4. The van der Waals surface area contributed by atoms with Crippen LogP contribution < -0.4 is 0 Å². The van der Waals surface area contributed by atoms with Crippen LogP contribution >= 0.6 is 0 Å². The van der Waals surface area contributed by atoms with Gasteiger partial charge < -0.3 is 18.7 Å². The summed E-state index contributed by atoms with van der Waals surface area (Å²) in [6.45, 7) is 11.4. The van der Waals surface area contributed by atoms with Crippen molar-refractivity contribution in [1.82, 2.24) is 23.9 Å². The topological polar surface area (TPSA) is 121 Å². The minimum Gasteiger partial charge on any atom is -0.456 e. The van der Waals surface area contributed by atoms with Gasteiger partial charge in [-0.05, 0) is 136 Å². The number of rotatable bonds is 11. The van der Waals surface area contributed by atoms with E-state index in [1.54, 1.807) is 24.5 Å². The number of Topliss-reactive ketones (excluding diaryl/α,β-unsaturated/α-hetero) is 1. The molecule has 320 valence electrons. The molecule has 6 aromatic rings. The maximum absolute atomic E-state index is 13.4. The number of esters is 1. The van der Waals surface area contributed by atoms with E-state index in [9.17, 15) is 14.0 Å². The van der Waals surface area contributed by atoms with Gasteiger partial charge in [-0.1, -0.05) is 40.5 Å². The highest BCUT2D eigenvalue weighted by molar-refractivity contribution is 5.88. The summed E-state index contributed by atoms with van der Waals surface area (Å²) < 4.78 is 24.1. The van der Waals surface area contributed by atoms with Gasteiger partial charge in [0.05, 0.1) is 19.0 Å². The first-order valence-corrected chi connectivity index (χ1v) is 22.3. The van der Waals surface area contributed by atoms with Crippen molar-refractivity contribution in [3.8, 4) is 0 Å². The van der Waals surface area contributed by atoms with E-state index in [-0.39, 0.29) is 36.5 Å². The number of carbonyl (C=O) groups excluding carboxylic acids is 2. The molecule has 7 heterocycles. The number of nitrogens with zero attached hydrogens (tertiary/aromatic N) is 8. The minimum atomic E-state index is -0.435. The summed E-state index contributed by atoms with van der Waals surface area (Å²) >= 11 is 0. The van der Waals surface area contributed by atoms with Gasteiger partial charge in [0, 0.05) is 101 Å². The molecular formula is C50H55FN8O3. The predicted molar refractivity (Wildman–Crippen MR) is 239 cm³/mol. The van der Waals surface area contributed by atoms with Crippen molar-refractivity contribution in [2.45, 2.75) is 109 Å². The van der Waals surface area contributed by atoms with E-state index in [0.717, 1.165) is 37.1 Å². The second-order valence-electron chi connectivity index (χ2n) is 17.6. The molecule has 4 aliphatic heterocycles. The average molecular weight is 835 g/mol. The highest BCUT2D eigenvalue weighted by Gasteiger charge is 2.37. The van der Waals surface area contributed by atoms with Crippen molar-refractivity contribution >= 4 is 33.6 Å². The zero-order valence-electron chi connectivity index (χ0n) is 36.0.